The van der Waals surface area contributed by atoms with E-state index >= 15 is 0 Å². The summed E-state index contributed by atoms with van der Waals surface area (Å²) < 4.78 is 48.8. The SMILES string of the molecule is Cc1nc2c(N3C[C@@H](C)N(C(c4ccc(C(F)F)c(F)c4)C(C)C)C[C@@H]3C)nc(Cl)nc2n1C[C@@H]1CCCO1. The lowest BCUT2D eigenvalue weighted by Crippen LogP contribution is -2.58. The highest BCUT2D eigenvalue weighted by atomic mass is 35.5. The molecule has 0 saturated carbocycles. The molecule has 2 saturated heterocycles. The van der Waals surface area contributed by atoms with Gasteiger partial charge in [0.15, 0.2) is 17.0 Å². The number of benzene rings is 1. The van der Waals surface area contributed by atoms with Crippen molar-refractivity contribution in [2.24, 2.45) is 5.92 Å². The van der Waals surface area contributed by atoms with Crippen LogP contribution >= 0.6 is 11.6 Å². The van der Waals surface area contributed by atoms with E-state index in [9.17, 15) is 13.2 Å². The van der Waals surface area contributed by atoms with Crippen LogP contribution in [0.15, 0.2) is 18.2 Å². The zero-order valence-corrected chi connectivity index (χ0v) is 23.8. The summed E-state index contributed by atoms with van der Waals surface area (Å²) in [6.07, 6.45) is -0.647. The number of aromatic nitrogens is 4. The lowest BCUT2D eigenvalue weighted by atomic mass is 9.90. The van der Waals surface area contributed by atoms with E-state index in [-0.39, 0.29) is 35.4 Å². The molecule has 2 aromatic heterocycles. The van der Waals surface area contributed by atoms with Crippen molar-refractivity contribution in [1.29, 1.82) is 0 Å². The normalized spacial score (nSPS) is 23.5. The van der Waals surface area contributed by atoms with Crippen LogP contribution in [-0.2, 0) is 11.3 Å². The van der Waals surface area contributed by atoms with E-state index < -0.39 is 17.8 Å². The molecule has 5 rings (SSSR count). The molecule has 7 nitrogen and oxygen atoms in total. The molecule has 0 spiro atoms. The van der Waals surface area contributed by atoms with Gasteiger partial charge in [-0.1, -0.05) is 26.0 Å². The maximum atomic E-state index is 14.5. The third-order valence-electron chi connectivity index (χ3n) is 8.05. The number of piperazine rings is 1. The number of halogens is 4. The number of alkyl halides is 2. The molecule has 2 aliphatic heterocycles. The van der Waals surface area contributed by atoms with Gasteiger partial charge in [-0.25, -0.2) is 18.2 Å². The number of hydrogen-bond acceptors (Lipinski definition) is 6. The molecule has 1 aromatic carbocycles. The fraction of sp³-hybridized carbons (Fsp3) is 0.607. The summed E-state index contributed by atoms with van der Waals surface area (Å²) in [7, 11) is 0. The second-order valence-electron chi connectivity index (χ2n) is 11.2. The number of rotatable bonds is 7. The van der Waals surface area contributed by atoms with Gasteiger partial charge in [-0.3, -0.25) is 4.90 Å². The number of hydrogen-bond donors (Lipinski definition) is 0. The number of nitrogens with zero attached hydrogens (tertiary/aromatic N) is 6. The molecule has 3 aromatic rings. The van der Waals surface area contributed by atoms with Crippen LogP contribution < -0.4 is 4.90 Å². The molecule has 4 heterocycles. The van der Waals surface area contributed by atoms with Crippen molar-refractivity contribution in [3.63, 3.8) is 0 Å². The Morgan fingerprint density at radius 2 is 1.87 bits per heavy atom. The number of anilines is 1. The molecule has 0 radical (unpaired) electrons. The monoisotopic (exact) mass is 564 g/mol. The zero-order chi connectivity index (χ0) is 28.0. The van der Waals surface area contributed by atoms with Crippen molar-refractivity contribution in [2.75, 3.05) is 24.6 Å². The fourth-order valence-electron chi connectivity index (χ4n) is 6.18. The predicted octanol–water partition coefficient (Wildman–Crippen LogP) is 6.34. The van der Waals surface area contributed by atoms with E-state index in [0.29, 0.717) is 42.2 Å². The highest BCUT2D eigenvalue weighted by Crippen LogP contribution is 2.37. The zero-order valence-electron chi connectivity index (χ0n) is 23.0. The van der Waals surface area contributed by atoms with Crippen molar-refractivity contribution in [3.05, 3.63) is 46.3 Å². The largest absolute Gasteiger partial charge is 0.376 e. The Morgan fingerprint density at radius 3 is 2.51 bits per heavy atom. The molecule has 4 atom stereocenters. The van der Waals surface area contributed by atoms with Gasteiger partial charge >= 0.3 is 0 Å². The Bertz CT molecular complexity index is 1330. The standard InChI is InChI=1S/C28H36ClF3N6O/c1-15(2)24(19-8-9-21(25(31)32)22(30)11-19)36-12-17(4)37(13-16(36)3)26-23-27(35-28(29)34-26)38(18(5)33-23)14-20-7-6-10-39-20/h8-9,11,15-17,20,24-25H,6-7,10,12-14H2,1-5H3/t16-,17+,20+,24?/m1/s1. The number of aryl methyl sites for hydroxylation is 1. The average molecular weight is 565 g/mol. The van der Waals surface area contributed by atoms with Gasteiger partial charge in [-0.05, 0) is 62.8 Å². The van der Waals surface area contributed by atoms with Gasteiger partial charge in [0.25, 0.3) is 6.43 Å². The molecule has 2 aliphatic rings. The quantitative estimate of drug-likeness (QED) is 0.312. The summed E-state index contributed by atoms with van der Waals surface area (Å²) in [5, 5.41) is 0.169. The van der Waals surface area contributed by atoms with Gasteiger partial charge in [0.05, 0.1) is 18.2 Å². The molecule has 0 aliphatic carbocycles. The second kappa shape index (κ2) is 11.2. The van der Waals surface area contributed by atoms with Gasteiger partial charge in [0.1, 0.15) is 11.6 Å². The van der Waals surface area contributed by atoms with Crippen LogP contribution in [0, 0.1) is 18.7 Å². The van der Waals surface area contributed by atoms with Crippen LogP contribution in [0.25, 0.3) is 11.2 Å². The molecular formula is C28H36ClF3N6O. The predicted molar refractivity (Wildman–Crippen MR) is 146 cm³/mol. The van der Waals surface area contributed by atoms with E-state index in [2.05, 4.69) is 52.0 Å². The maximum absolute atomic E-state index is 14.5. The Labute approximate surface area is 232 Å². The van der Waals surface area contributed by atoms with Gasteiger partial charge in [0.2, 0.25) is 5.28 Å². The summed E-state index contributed by atoms with van der Waals surface area (Å²) in [5.74, 6) is 0.817. The third kappa shape index (κ3) is 5.47. The molecule has 0 amide bonds. The van der Waals surface area contributed by atoms with Crippen LogP contribution in [-0.4, -0.2) is 62.3 Å². The van der Waals surface area contributed by atoms with Gasteiger partial charge in [-0.2, -0.15) is 9.97 Å². The maximum Gasteiger partial charge on any atom is 0.266 e. The number of imidazole rings is 1. The van der Waals surface area contributed by atoms with Gasteiger partial charge in [0, 0.05) is 37.8 Å². The highest BCUT2D eigenvalue weighted by Gasteiger charge is 2.37. The molecule has 0 bridgehead atoms. The van der Waals surface area contributed by atoms with Crippen molar-refractivity contribution in [3.8, 4) is 0 Å². The number of fused-ring (bicyclic) bond motifs is 1. The minimum atomic E-state index is -2.84. The second-order valence-corrected chi connectivity index (χ2v) is 11.5. The first-order valence-corrected chi connectivity index (χ1v) is 14.0. The molecule has 0 N–H and O–H groups in total. The molecule has 212 valence electrons. The minimum Gasteiger partial charge on any atom is -0.376 e. The molecular weight excluding hydrogens is 529 g/mol. The van der Waals surface area contributed by atoms with Gasteiger partial charge in [-0.15, -0.1) is 0 Å². The van der Waals surface area contributed by atoms with Crippen molar-refractivity contribution >= 4 is 28.6 Å². The van der Waals surface area contributed by atoms with Crippen LogP contribution in [0.4, 0.5) is 19.0 Å². The van der Waals surface area contributed by atoms with Crippen molar-refractivity contribution < 1.29 is 17.9 Å². The Kier molecular flexibility index (Phi) is 8.08. The van der Waals surface area contributed by atoms with E-state index in [1.165, 1.54) is 12.1 Å². The van der Waals surface area contributed by atoms with Crippen molar-refractivity contribution in [1.82, 2.24) is 24.4 Å². The fourth-order valence-corrected chi connectivity index (χ4v) is 6.34. The topological polar surface area (TPSA) is 59.3 Å². The first-order chi connectivity index (χ1) is 18.5. The number of ether oxygens (including phenoxy) is 1. The molecule has 39 heavy (non-hydrogen) atoms. The van der Waals surface area contributed by atoms with E-state index in [1.807, 2.05) is 6.92 Å². The summed E-state index contributed by atoms with van der Waals surface area (Å²) in [6.45, 7) is 13.1. The van der Waals surface area contributed by atoms with E-state index in [4.69, 9.17) is 21.3 Å². The van der Waals surface area contributed by atoms with E-state index in [0.717, 1.165) is 25.3 Å². The average Bonchev–Trinajstić information content (AvgIpc) is 3.49. The first-order valence-electron chi connectivity index (χ1n) is 13.7. The molecule has 2 fully saturated rings. The van der Waals surface area contributed by atoms with Crippen LogP contribution in [0.1, 0.15) is 70.0 Å². The lowest BCUT2D eigenvalue weighted by molar-refractivity contribution is 0.0818. The first kappa shape index (κ1) is 28.1. The molecule has 1 unspecified atom stereocenters. The van der Waals surface area contributed by atoms with Crippen molar-refractivity contribution in [2.45, 2.75) is 84.7 Å². The lowest BCUT2D eigenvalue weighted by Gasteiger charge is -2.49. The highest BCUT2D eigenvalue weighted by molar-refractivity contribution is 6.28. The Balaban J connectivity index is 1.44. The third-order valence-corrected chi connectivity index (χ3v) is 8.22. The summed E-state index contributed by atoms with van der Waals surface area (Å²) in [6, 6.07) is 4.08. The van der Waals surface area contributed by atoms with E-state index in [1.54, 1.807) is 6.07 Å². The summed E-state index contributed by atoms with van der Waals surface area (Å²) in [5.41, 5.74) is 1.56. The van der Waals surface area contributed by atoms with Gasteiger partial charge < -0.3 is 14.2 Å². The summed E-state index contributed by atoms with van der Waals surface area (Å²) in [4.78, 5) is 18.6. The van der Waals surface area contributed by atoms with Crippen LogP contribution in [0.3, 0.4) is 0 Å². The Hall–Kier alpha value is -2.43. The van der Waals surface area contributed by atoms with Crippen LogP contribution in [0.5, 0.6) is 0 Å². The summed E-state index contributed by atoms with van der Waals surface area (Å²) >= 11 is 6.45. The van der Waals surface area contributed by atoms with Crippen LogP contribution in [0.2, 0.25) is 5.28 Å². The Morgan fingerprint density at radius 1 is 1.10 bits per heavy atom. The molecule has 11 heteroatoms. The minimum absolute atomic E-state index is 0.0328. The smallest absolute Gasteiger partial charge is 0.266 e.